The van der Waals surface area contributed by atoms with Crippen molar-refractivity contribution in [2.75, 3.05) is 13.2 Å². The summed E-state index contributed by atoms with van der Waals surface area (Å²) in [5.41, 5.74) is 0. The number of aliphatic hydroxyl groups excluding tert-OH is 2. The van der Waals surface area contributed by atoms with Crippen LogP contribution in [0, 0.1) is 0 Å². The predicted molar refractivity (Wildman–Crippen MR) is 62.4 cm³/mol. The van der Waals surface area contributed by atoms with Crippen molar-refractivity contribution >= 4 is 0 Å². The third kappa shape index (κ3) is 22.6. The molecule has 0 unspecified atom stereocenters. The highest BCUT2D eigenvalue weighted by Gasteiger charge is 1.88. The summed E-state index contributed by atoms with van der Waals surface area (Å²) in [4.78, 5) is 0. The molecule has 86 valence electrons. The van der Waals surface area contributed by atoms with Gasteiger partial charge in [0.25, 0.3) is 0 Å². The highest BCUT2D eigenvalue weighted by atomic mass is 16.3. The fourth-order valence-electron chi connectivity index (χ4n) is 1.11. The van der Waals surface area contributed by atoms with Crippen molar-refractivity contribution in [1.82, 2.24) is 0 Å². The Morgan fingerprint density at radius 1 is 0.929 bits per heavy atom. The first-order chi connectivity index (χ1) is 6.83. The van der Waals surface area contributed by atoms with Crippen molar-refractivity contribution in [3.8, 4) is 0 Å². The lowest BCUT2D eigenvalue weighted by molar-refractivity contribution is 0.282. The summed E-state index contributed by atoms with van der Waals surface area (Å²) in [5, 5.41) is 16.1. The van der Waals surface area contributed by atoms with E-state index in [-0.39, 0.29) is 6.61 Å². The van der Waals surface area contributed by atoms with Gasteiger partial charge < -0.3 is 10.2 Å². The van der Waals surface area contributed by atoms with Crippen molar-refractivity contribution in [3.63, 3.8) is 0 Å². The molecule has 0 bridgehead atoms. The van der Waals surface area contributed by atoms with Gasteiger partial charge in [-0.05, 0) is 26.2 Å². The lowest BCUT2D eigenvalue weighted by Gasteiger charge is -1.97. The van der Waals surface area contributed by atoms with Gasteiger partial charge in [-0.25, -0.2) is 0 Å². The molecule has 2 N–H and O–H groups in total. The fraction of sp³-hybridized carbons (Fsp3) is 0.833. The van der Waals surface area contributed by atoms with Gasteiger partial charge in [-0.2, -0.15) is 0 Å². The van der Waals surface area contributed by atoms with E-state index in [4.69, 9.17) is 10.2 Å². The summed E-state index contributed by atoms with van der Waals surface area (Å²) < 4.78 is 0. The van der Waals surface area contributed by atoms with Crippen LogP contribution in [0.1, 0.15) is 51.9 Å². The van der Waals surface area contributed by atoms with Crippen molar-refractivity contribution in [1.29, 1.82) is 0 Å². The van der Waals surface area contributed by atoms with Gasteiger partial charge in [-0.1, -0.05) is 31.8 Å². The van der Waals surface area contributed by atoms with Crippen LogP contribution in [-0.4, -0.2) is 23.4 Å². The molecular formula is C12H26O2. The van der Waals surface area contributed by atoms with Gasteiger partial charge in [0.2, 0.25) is 0 Å². The summed E-state index contributed by atoms with van der Waals surface area (Å²) in [7, 11) is 0. The first-order valence-corrected chi connectivity index (χ1v) is 5.66. The maximum atomic E-state index is 8.49. The molecular weight excluding hydrogens is 176 g/mol. The smallest absolute Gasteiger partial charge is 0.0431 e. The molecule has 0 fully saturated rings. The van der Waals surface area contributed by atoms with Crippen LogP contribution >= 0.6 is 0 Å². The van der Waals surface area contributed by atoms with Gasteiger partial charge in [0, 0.05) is 13.2 Å². The molecule has 2 nitrogen and oxygen atoms in total. The molecule has 2 heteroatoms. The number of rotatable bonds is 8. The number of unbranched alkanes of at least 4 members (excludes halogenated alkanes) is 6. The van der Waals surface area contributed by atoms with Gasteiger partial charge in [0.15, 0.2) is 0 Å². The summed E-state index contributed by atoms with van der Waals surface area (Å²) in [6.45, 7) is 5.96. The van der Waals surface area contributed by atoms with E-state index in [1.807, 2.05) is 6.08 Å². The van der Waals surface area contributed by atoms with Crippen molar-refractivity contribution < 1.29 is 10.2 Å². The molecule has 0 aliphatic rings. The summed E-state index contributed by atoms with van der Waals surface area (Å²) in [5.74, 6) is 0. The maximum Gasteiger partial charge on any atom is 0.0431 e. The van der Waals surface area contributed by atoms with Crippen LogP contribution in [0.25, 0.3) is 0 Å². The SMILES string of the molecule is C=CCCCCCCCCO.CCO. The molecule has 0 aromatic carbocycles. The quantitative estimate of drug-likeness (QED) is 0.469. The number of hydrogen-bond donors (Lipinski definition) is 2. The van der Waals surface area contributed by atoms with Crippen LogP contribution in [-0.2, 0) is 0 Å². The van der Waals surface area contributed by atoms with Crippen molar-refractivity contribution in [2.45, 2.75) is 51.9 Å². The molecule has 0 amide bonds. The summed E-state index contributed by atoms with van der Waals surface area (Å²) in [6.07, 6.45) is 10.5. The zero-order valence-corrected chi connectivity index (χ0v) is 9.54. The van der Waals surface area contributed by atoms with E-state index >= 15 is 0 Å². The molecule has 0 aromatic heterocycles. The second-order valence-electron chi connectivity index (χ2n) is 3.24. The molecule has 0 heterocycles. The number of aliphatic hydroxyl groups is 2. The third-order valence-electron chi connectivity index (χ3n) is 1.82. The van der Waals surface area contributed by atoms with E-state index in [0.29, 0.717) is 6.61 Å². The standard InChI is InChI=1S/C10H20O.C2H6O/c1-2-3-4-5-6-7-8-9-10-11;1-2-3/h2,11H,1,3-10H2;3H,2H2,1H3. The Bertz CT molecular complexity index is 92.3. The van der Waals surface area contributed by atoms with Crippen LogP contribution in [0.2, 0.25) is 0 Å². The average molecular weight is 202 g/mol. The van der Waals surface area contributed by atoms with Crippen LogP contribution in [0.5, 0.6) is 0 Å². The van der Waals surface area contributed by atoms with Crippen LogP contribution in [0.4, 0.5) is 0 Å². The molecule has 0 saturated carbocycles. The van der Waals surface area contributed by atoms with Gasteiger partial charge in [0.05, 0.1) is 0 Å². The van der Waals surface area contributed by atoms with E-state index in [2.05, 4.69) is 6.58 Å². The zero-order chi connectivity index (χ0) is 11.1. The number of allylic oxidation sites excluding steroid dienone is 1. The van der Waals surface area contributed by atoms with Crippen LogP contribution in [0.3, 0.4) is 0 Å². The van der Waals surface area contributed by atoms with E-state index in [1.54, 1.807) is 6.92 Å². The topological polar surface area (TPSA) is 40.5 Å². The minimum Gasteiger partial charge on any atom is -0.397 e. The summed E-state index contributed by atoms with van der Waals surface area (Å²) in [6, 6.07) is 0. The largest absolute Gasteiger partial charge is 0.397 e. The molecule has 0 atom stereocenters. The molecule has 14 heavy (non-hydrogen) atoms. The van der Waals surface area contributed by atoms with Gasteiger partial charge in [0.1, 0.15) is 0 Å². The summed E-state index contributed by atoms with van der Waals surface area (Å²) >= 11 is 0. The zero-order valence-electron chi connectivity index (χ0n) is 9.54. The highest BCUT2D eigenvalue weighted by Crippen LogP contribution is 2.06. The lowest BCUT2D eigenvalue weighted by Crippen LogP contribution is -1.83. The van der Waals surface area contributed by atoms with E-state index < -0.39 is 0 Å². The highest BCUT2D eigenvalue weighted by molar-refractivity contribution is 4.65. The Morgan fingerprint density at radius 2 is 1.36 bits per heavy atom. The fourth-order valence-corrected chi connectivity index (χ4v) is 1.11. The van der Waals surface area contributed by atoms with Gasteiger partial charge >= 0.3 is 0 Å². The van der Waals surface area contributed by atoms with Crippen LogP contribution in [0.15, 0.2) is 12.7 Å². The molecule has 0 saturated heterocycles. The molecule has 0 aliphatic carbocycles. The molecule has 0 spiro atoms. The Labute approximate surface area is 88.7 Å². The first kappa shape index (κ1) is 16.1. The Kier molecular flexibility index (Phi) is 21.2. The molecule has 0 aliphatic heterocycles. The van der Waals surface area contributed by atoms with Crippen LogP contribution < -0.4 is 0 Å². The minimum absolute atomic E-state index is 0.250. The minimum atomic E-state index is 0.250. The van der Waals surface area contributed by atoms with E-state index in [0.717, 1.165) is 12.8 Å². The Hall–Kier alpha value is -0.340. The lowest BCUT2D eigenvalue weighted by atomic mass is 10.1. The Balaban J connectivity index is 0. The first-order valence-electron chi connectivity index (χ1n) is 5.66. The maximum absolute atomic E-state index is 8.49. The predicted octanol–water partition coefficient (Wildman–Crippen LogP) is 2.89. The average Bonchev–Trinajstić information content (AvgIpc) is 2.18. The van der Waals surface area contributed by atoms with E-state index in [9.17, 15) is 0 Å². The third-order valence-corrected chi connectivity index (χ3v) is 1.82. The second kappa shape index (κ2) is 18.4. The normalized spacial score (nSPS) is 9.07. The second-order valence-corrected chi connectivity index (χ2v) is 3.24. The van der Waals surface area contributed by atoms with Gasteiger partial charge in [-0.15, -0.1) is 6.58 Å². The molecule has 0 radical (unpaired) electrons. The van der Waals surface area contributed by atoms with E-state index in [1.165, 1.54) is 32.1 Å². The molecule has 0 rings (SSSR count). The van der Waals surface area contributed by atoms with Gasteiger partial charge in [-0.3, -0.25) is 0 Å². The van der Waals surface area contributed by atoms with Crippen molar-refractivity contribution in [3.05, 3.63) is 12.7 Å². The number of hydrogen-bond acceptors (Lipinski definition) is 2. The van der Waals surface area contributed by atoms with Crippen molar-refractivity contribution in [2.24, 2.45) is 0 Å². The Morgan fingerprint density at radius 3 is 1.79 bits per heavy atom. The molecule has 0 aromatic rings. The monoisotopic (exact) mass is 202 g/mol.